The first-order valence-electron chi connectivity index (χ1n) is 7.21. The molecule has 0 atom stereocenters. The van der Waals surface area contributed by atoms with Crippen molar-refractivity contribution in [2.24, 2.45) is 0 Å². The van der Waals surface area contributed by atoms with Gasteiger partial charge in [0.25, 0.3) is 11.5 Å². The van der Waals surface area contributed by atoms with Crippen molar-refractivity contribution in [1.82, 2.24) is 4.98 Å². The zero-order valence-corrected chi connectivity index (χ0v) is 12.6. The van der Waals surface area contributed by atoms with E-state index in [-0.39, 0.29) is 5.56 Å². The van der Waals surface area contributed by atoms with E-state index < -0.39 is 34.6 Å². The van der Waals surface area contributed by atoms with Crippen LogP contribution in [0.25, 0.3) is 11.1 Å². The highest BCUT2D eigenvalue weighted by Gasteiger charge is 2.20. The molecule has 0 saturated carbocycles. The van der Waals surface area contributed by atoms with Crippen molar-refractivity contribution in [2.75, 3.05) is 5.32 Å². The molecule has 2 N–H and O–H groups in total. The minimum atomic E-state index is -1.71. The molecule has 0 saturated heterocycles. The van der Waals surface area contributed by atoms with E-state index in [4.69, 9.17) is 0 Å². The molecule has 1 amide bonds. The smallest absolute Gasteiger partial charge is 0.261 e. The van der Waals surface area contributed by atoms with Crippen molar-refractivity contribution in [3.63, 3.8) is 0 Å². The largest absolute Gasteiger partial charge is 0.328 e. The van der Waals surface area contributed by atoms with Gasteiger partial charge in [0.15, 0.2) is 17.5 Å². The van der Waals surface area contributed by atoms with Crippen LogP contribution in [0, 0.1) is 17.5 Å². The highest BCUT2D eigenvalue weighted by molar-refractivity contribution is 6.08. The Morgan fingerprint density at radius 2 is 1.64 bits per heavy atom. The first kappa shape index (κ1) is 16.5. The Morgan fingerprint density at radius 1 is 0.920 bits per heavy atom. The van der Waals surface area contributed by atoms with Crippen LogP contribution in [-0.4, -0.2) is 10.9 Å². The Kier molecular flexibility index (Phi) is 4.38. The number of carbonyl (C=O) groups is 1. The molecular weight excluding hydrogens is 333 g/mol. The zero-order chi connectivity index (χ0) is 18.0. The Hall–Kier alpha value is -3.35. The van der Waals surface area contributed by atoms with Crippen LogP contribution >= 0.6 is 0 Å². The molecule has 25 heavy (non-hydrogen) atoms. The summed E-state index contributed by atoms with van der Waals surface area (Å²) < 4.78 is 40.0. The number of aromatic amines is 1. The normalized spacial score (nSPS) is 10.5. The molecule has 0 unspecified atom stereocenters. The van der Waals surface area contributed by atoms with E-state index in [0.29, 0.717) is 17.2 Å². The van der Waals surface area contributed by atoms with Gasteiger partial charge in [-0.15, -0.1) is 0 Å². The fourth-order valence-corrected chi connectivity index (χ4v) is 2.37. The molecule has 7 heteroatoms. The van der Waals surface area contributed by atoms with Gasteiger partial charge in [0, 0.05) is 11.8 Å². The van der Waals surface area contributed by atoms with E-state index >= 15 is 0 Å². The monoisotopic (exact) mass is 344 g/mol. The number of H-pyrrole nitrogens is 1. The van der Waals surface area contributed by atoms with Crippen molar-refractivity contribution in [2.45, 2.75) is 0 Å². The topological polar surface area (TPSA) is 62.0 Å². The number of pyridine rings is 1. The first-order chi connectivity index (χ1) is 12.0. The number of rotatable bonds is 3. The number of anilines is 1. The van der Waals surface area contributed by atoms with Gasteiger partial charge in [-0.1, -0.05) is 30.3 Å². The number of hydrogen-bond donors (Lipinski definition) is 2. The van der Waals surface area contributed by atoms with Crippen LogP contribution in [-0.2, 0) is 0 Å². The number of amides is 1. The van der Waals surface area contributed by atoms with Gasteiger partial charge >= 0.3 is 0 Å². The molecule has 0 aliphatic carbocycles. The van der Waals surface area contributed by atoms with Crippen molar-refractivity contribution in [1.29, 1.82) is 0 Å². The number of carbonyl (C=O) groups excluding carboxylic acids is 1. The van der Waals surface area contributed by atoms with Crippen molar-refractivity contribution in [3.8, 4) is 11.1 Å². The molecule has 3 rings (SSSR count). The fraction of sp³-hybridized carbons (Fsp3) is 0. The number of halogens is 3. The van der Waals surface area contributed by atoms with Gasteiger partial charge in [-0.2, -0.15) is 0 Å². The maximum atomic E-state index is 13.7. The minimum absolute atomic E-state index is 0.266. The maximum Gasteiger partial charge on any atom is 0.261 e. The van der Waals surface area contributed by atoms with Gasteiger partial charge in [-0.3, -0.25) is 9.59 Å². The second-order valence-corrected chi connectivity index (χ2v) is 5.14. The van der Waals surface area contributed by atoms with Crippen LogP contribution in [0.2, 0.25) is 0 Å². The summed E-state index contributed by atoms with van der Waals surface area (Å²) in [6.07, 6.45) is 1.37. The van der Waals surface area contributed by atoms with Gasteiger partial charge in [0.2, 0.25) is 0 Å². The molecule has 0 bridgehead atoms. The van der Waals surface area contributed by atoms with Crippen LogP contribution in [0.5, 0.6) is 0 Å². The van der Waals surface area contributed by atoms with Crippen molar-refractivity contribution < 1.29 is 18.0 Å². The van der Waals surface area contributed by atoms with Crippen LogP contribution in [0.3, 0.4) is 0 Å². The third-order valence-corrected chi connectivity index (χ3v) is 3.56. The summed E-state index contributed by atoms with van der Waals surface area (Å²) >= 11 is 0. The van der Waals surface area contributed by atoms with Crippen LogP contribution in [0.4, 0.5) is 18.9 Å². The van der Waals surface area contributed by atoms with Crippen LogP contribution < -0.4 is 10.9 Å². The van der Waals surface area contributed by atoms with E-state index in [9.17, 15) is 22.8 Å². The van der Waals surface area contributed by atoms with Crippen LogP contribution in [0.15, 0.2) is 59.5 Å². The van der Waals surface area contributed by atoms with Gasteiger partial charge in [-0.25, -0.2) is 13.2 Å². The highest BCUT2D eigenvalue weighted by Crippen LogP contribution is 2.23. The predicted molar refractivity (Wildman–Crippen MR) is 86.8 cm³/mol. The SMILES string of the molecule is O=C(Nc1ccc(F)c(F)c1F)c1c(-c2ccccc2)cc[nH]c1=O. The van der Waals surface area contributed by atoms with Gasteiger partial charge in [0.1, 0.15) is 5.56 Å². The molecule has 0 fully saturated rings. The van der Waals surface area contributed by atoms with Gasteiger partial charge in [0.05, 0.1) is 5.69 Å². The number of nitrogens with one attached hydrogen (secondary N) is 2. The summed E-state index contributed by atoms with van der Waals surface area (Å²) in [6, 6.07) is 11.7. The second kappa shape index (κ2) is 6.64. The minimum Gasteiger partial charge on any atom is -0.328 e. The summed E-state index contributed by atoms with van der Waals surface area (Å²) in [5.41, 5.74) is -0.597. The zero-order valence-electron chi connectivity index (χ0n) is 12.6. The van der Waals surface area contributed by atoms with E-state index in [1.807, 2.05) is 0 Å². The Bertz CT molecular complexity index is 1000. The summed E-state index contributed by atoms with van der Waals surface area (Å²) in [6.45, 7) is 0. The quantitative estimate of drug-likeness (QED) is 0.712. The molecule has 3 aromatic rings. The van der Waals surface area contributed by atoms with Crippen LogP contribution in [0.1, 0.15) is 10.4 Å². The Morgan fingerprint density at radius 3 is 2.36 bits per heavy atom. The van der Waals surface area contributed by atoms with Crippen molar-refractivity contribution >= 4 is 11.6 Å². The lowest BCUT2D eigenvalue weighted by Gasteiger charge is -2.10. The second-order valence-electron chi connectivity index (χ2n) is 5.14. The number of benzene rings is 2. The average Bonchev–Trinajstić information content (AvgIpc) is 2.62. The highest BCUT2D eigenvalue weighted by atomic mass is 19.2. The fourth-order valence-electron chi connectivity index (χ4n) is 2.37. The standard InChI is InChI=1S/C18H11F3N2O2/c19-12-6-7-13(16(21)15(12)20)23-18(25)14-11(8-9-22-17(14)24)10-4-2-1-3-5-10/h1-9H,(H,22,24)(H,23,25). The molecule has 2 aromatic carbocycles. The van der Waals surface area contributed by atoms with E-state index in [1.54, 1.807) is 30.3 Å². The third kappa shape index (κ3) is 3.16. The lowest BCUT2D eigenvalue weighted by atomic mass is 10.0. The molecular formula is C18H11F3N2O2. The summed E-state index contributed by atoms with van der Waals surface area (Å²) in [5.74, 6) is -5.56. The average molecular weight is 344 g/mol. The molecule has 0 aliphatic rings. The molecule has 0 radical (unpaired) electrons. The van der Waals surface area contributed by atoms with Gasteiger partial charge < -0.3 is 10.3 Å². The molecule has 0 spiro atoms. The molecule has 1 heterocycles. The Labute approximate surface area is 139 Å². The summed E-state index contributed by atoms with van der Waals surface area (Å²) in [4.78, 5) is 26.9. The summed E-state index contributed by atoms with van der Waals surface area (Å²) in [5, 5.41) is 2.10. The number of hydrogen-bond acceptors (Lipinski definition) is 2. The summed E-state index contributed by atoms with van der Waals surface area (Å²) in [7, 11) is 0. The molecule has 1 aromatic heterocycles. The molecule has 126 valence electrons. The number of aromatic nitrogens is 1. The third-order valence-electron chi connectivity index (χ3n) is 3.56. The lowest BCUT2D eigenvalue weighted by Crippen LogP contribution is -2.24. The predicted octanol–water partition coefficient (Wildman–Crippen LogP) is 3.71. The Balaban J connectivity index is 2.04. The molecule has 4 nitrogen and oxygen atoms in total. The maximum absolute atomic E-state index is 13.7. The first-order valence-corrected chi connectivity index (χ1v) is 7.21. The lowest BCUT2D eigenvalue weighted by molar-refractivity contribution is 0.102. The van der Waals surface area contributed by atoms with E-state index in [2.05, 4.69) is 10.3 Å². The van der Waals surface area contributed by atoms with Gasteiger partial charge in [-0.05, 0) is 23.8 Å². The van der Waals surface area contributed by atoms with Crippen molar-refractivity contribution in [3.05, 3.63) is 88.1 Å². The van der Waals surface area contributed by atoms with E-state index in [0.717, 1.165) is 6.07 Å². The molecule has 0 aliphatic heterocycles. The van der Waals surface area contributed by atoms with E-state index in [1.165, 1.54) is 12.3 Å².